The number of carbonyl (C=O) groups excluding carboxylic acids is 2. The Morgan fingerprint density at radius 3 is 2.44 bits per heavy atom. The van der Waals surface area contributed by atoms with Crippen LogP contribution in [0.1, 0.15) is 22.9 Å². The summed E-state index contributed by atoms with van der Waals surface area (Å²) in [5.74, 6) is -0.0995. The van der Waals surface area contributed by atoms with E-state index in [-0.39, 0.29) is 13.0 Å². The van der Waals surface area contributed by atoms with Crippen molar-refractivity contribution in [2.75, 3.05) is 10.6 Å². The molecule has 8 nitrogen and oxygen atoms in total. The number of esters is 1. The van der Waals surface area contributed by atoms with Crippen LogP contribution in [0.3, 0.4) is 0 Å². The van der Waals surface area contributed by atoms with Gasteiger partial charge in [0, 0.05) is 27.7 Å². The molecule has 1 unspecified atom stereocenters. The predicted octanol–water partition coefficient (Wildman–Crippen LogP) is 4.98. The molecule has 9 heteroatoms. The first-order valence-corrected chi connectivity index (χ1v) is 11.5. The van der Waals surface area contributed by atoms with E-state index in [4.69, 9.17) is 10.5 Å². The Labute approximate surface area is 200 Å². The average molecular weight is 474 g/mol. The molecule has 0 fully saturated rings. The first kappa shape index (κ1) is 23.1. The van der Waals surface area contributed by atoms with Crippen LogP contribution in [0.4, 0.5) is 16.3 Å². The lowest BCUT2D eigenvalue weighted by Gasteiger charge is -2.13. The van der Waals surface area contributed by atoms with Crippen molar-refractivity contribution >= 4 is 34.8 Å². The second-order valence-corrected chi connectivity index (χ2v) is 8.37. The summed E-state index contributed by atoms with van der Waals surface area (Å²) in [4.78, 5) is 25.6. The third-order valence-corrected chi connectivity index (χ3v) is 5.93. The Bertz CT molecular complexity index is 1230. The van der Waals surface area contributed by atoms with Crippen molar-refractivity contribution in [3.05, 3.63) is 94.7 Å². The number of thiophene rings is 1. The lowest BCUT2D eigenvalue weighted by atomic mass is 10.1. The van der Waals surface area contributed by atoms with Crippen LogP contribution in [0, 0.1) is 0 Å². The van der Waals surface area contributed by atoms with Gasteiger partial charge in [-0.3, -0.25) is 10.1 Å². The molecule has 2 aromatic heterocycles. The average Bonchev–Trinajstić information content (AvgIpc) is 3.40. The van der Waals surface area contributed by atoms with E-state index < -0.39 is 18.0 Å². The van der Waals surface area contributed by atoms with Crippen LogP contribution in [-0.2, 0) is 16.1 Å². The van der Waals surface area contributed by atoms with E-state index in [0.717, 1.165) is 10.4 Å². The normalized spacial score (nSPS) is 11.4. The number of urea groups is 1. The molecule has 34 heavy (non-hydrogen) atoms. The quantitative estimate of drug-likeness (QED) is 0.311. The molecule has 0 radical (unpaired) electrons. The van der Waals surface area contributed by atoms with Gasteiger partial charge in [-0.1, -0.05) is 54.6 Å². The summed E-state index contributed by atoms with van der Waals surface area (Å²) < 4.78 is 5.38. The number of carbonyl (C=O) groups is 2. The highest BCUT2D eigenvalue weighted by Crippen LogP contribution is 2.21. The summed E-state index contributed by atoms with van der Waals surface area (Å²) in [6.07, 6.45) is 0.0776. The Morgan fingerprint density at radius 2 is 1.71 bits per heavy atom. The minimum absolute atomic E-state index is 0.0119. The van der Waals surface area contributed by atoms with E-state index in [9.17, 15) is 9.59 Å². The molecule has 1 atom stereocenters. The minimum atomic E-state index is -0.486. The van der Waals surface area contributed by atoms with Gasteiger partial charge in [-0.15, -0.1) is 21.5 Å². The molecular weight excluding hydrogens is 450 g/mol. The number of aromatic nitrogens is 2. The molecule has 0 saturated carbocycles. The van der Waals surface area contributed by atoms with Crippen LogP contribution in [0.25, 0.3) is 11.3 Å². The molecule has 172 valence electrons. The second kappa shape index (κ2) is 11.2. The highest BCUT2D eigenvalue weighted by atomic mass is 32.1. The number of ether oxygens (including phenoxy) is 1. The molecule has 2 aromatic carbocycles. The van der Waals surface area contributed by atoms with E-state index in [1.54, 1.807) is 36.4 Å². The van der Waals surface area contributed by atoms with Crippen molar-refractivity contribution in [2.24, 2.45) is 5.73 Å². The highest BCUT2D eigenvalue weighted by molar-refractivity contribution is 7.10. The first-order chi connectivity index (χ1) is 16.6. The number of benzene rings is 2. The Balaban J connectivity index is 1.31. The molecule has 0 aliphatic heterocycles. The number of rotatable bonds is 8. The monoisotopic (exact) mass is 473 g/mol. The number of para-hydroxylation sites is 1. The zero-order valence-electron chi connectivity index (χ0n) is 18.2. The molecule has 0 bridgehead atoms. The van der Waals surface area contributed by atoms with Crippen LogP contribution in [0.15, 0.2) is 84.2 Å². The maximum absolute atomic E-state index is 12.5. The summed E-state index contributed by atoms with van der Waals surface area (Å²) >= 11 is 1.50. The van der Waals surface area contributed by atoms with E-state index in [1.807, 2.05) is 47.8 Å². The van der Waals surface area contributed by atoms with E-state index in [0.29, 0.717) is 22.8 Å². The number of anilines is 2. The lowest BCUT2D eigenvalue weighted by molar-refractivity contribution is -0.145. The van der Waals surface area contributed by atoms with Gasteiger partial charge >= 0.3 is 12.0 Å². The van der Waals surface area contributed by atoms with Crippen molar-refractivity contribution < 1.29 is 14.3 Å². The third-order valence-electron chi connectivity index (χ3n) is 4.93. The maximum atomic E-state index is 12.5. The van der Waals surface area contributed by atoms with E-state index in [1.165, 1.54) is 11.3 Å². The molecule has 0 aliphatic rings. The van der Waals surface area contributed by atoms with Gasteiger partial charge in [0.15, 0.2) is 5.82 Å². The molecule has 4 N–H and O–H groups in total. The van der Waals surface area contributed by atoms with Crippen molar-refractivity contribution in [3.8, 4) is 11.3 Å². The van der Waals surface area contributed by atoms with Crippen LogP contribution in [0.5, 0.6) is 0 Å². The standard InChI is InChI=1S/C25H23N5O3S/c26-19(22-11-6-14-34-22)15-24(31)33-16-18-9-4-5-10-20(18)27-25(32)28-23-13-12-21(29-30-23)17-7-2-1-3-8-17/h1-14,19H,15-16,26H2,(H2,27,28,30,32). The summed E-state index contributed by atoms with van der Waals surface area (Å²) in [5, 5.41) is 15.6. The second-order valence-electron chi connectivity index (χ2n) is 7.39. The maximum Gasteiger partial charge on any atom is 0.324 e. The smallest absolute Gasteiger partial charge is 0.324 e. The number of nitrogens with one attached hydrogen (secondary N) is 2. The summed E-state index contributed by atoms with van der Waals surface area (Å²) in [5.41, 5.74) is 8.87. The van der Waals surface area contributed by atoms with E-state index >= 15 is 0 Å². The highest BCUT2D eigenvalue weighted by Gasteiger charge is 2.15. The van der Waals surface area contributed by atoms with Crippen molar-refractivity contribution in [2.45, 2.75) is 19.1 Å². The molecule has 0 aliphatic carbocycles. The topological polar surface area (TPSA) is 119 Å². The van der Waals surface area contributed by atoms with Gasteiger partial charge in [-0.2, -0.15) is 0 Å². The number of hydrogen-bond donors (Lipinski definition) is 3. The van der Waals surface area contributed by atoms with Crippen molar-refractivity contribution in [1.29, 1.82) is 0 Å². The number of nitrogens with two attached hydrogens (primary N) is 1. The fraction of sp³-hybridized carbons (Fsp3) is 0.120. The Kier molecular flexibility index (Phi) is 7.59. The molecule has 2 heterocycles. The van der Waals surface area contributed by atoms with Crippen LogP contribution < -0.4 is 16.4 Å². The van der Waals surface area contributed by atoms with Crippen LogP contribution in [-0.4, -0.2) is 22.2 Å². The van der Waals surface area contributed by atoms with Gasteiger partial charge in [0.05, 0.1) is 12.1 Å². The van der Waals surface area contributed by atoms with Crippen molar-refractivity contribution in [3.63, 3.8) is 0 Å². The van der Waals surface area contributed by atoms with E-state index in [2.05, 4.69) is 20.8 Å². The zero-order chi connectivity index (χ0) is 23.8. The zero-order valence-corrected chi connectivity index (χ0v) is 19.0. The Hall–Kier alpha value is -4.08. The summed E-state index contributed by atoms with van der Waals surface area (Å²) in [6, 6.07) is 23.1. The number of amides is 2. The van der Waals surface area contributed by atoms with Gasteiger partial charge in [0.2, 0.25) is 0 Å². The van der Waals surface area contributed by atoms with Gasteiger partial charge in [-0.25, -0.2) is 4.79 Å². The van der Waals surface area contributed by atoms with Gasteiger partial charge < -0.3 is 15.8 Å². The predicted molar refractivity (Wildman–Crippen MR) is 132 cm³/mol. The first-order valence-electron chi connectivity index (χ1n) is 10.6. The molecule has 0 saturated heterocycles. The van der Waals surface area contributed by atoms with Crippen LogP contribution in [0.2, 0.25) is 0 Å². The van der Waals surface area contributed by atoms with Gasteiger partial charge in [0.1, 0.15) is 6.61 Å². The fourth-order valence-corrected chi connectivity index (χ4v) is 3.93. The largest absolute Gasteiger partial charge is 0.461 e. The molecular formula is C25H23N5O3S. The molecule has 2 amide bonds. The minimum Gasteiger partial charge on any atom is -0.461 e. The van der Waals surface area contributed by atoms with Crippen molar-refractivity contribution in [1.82, 2.24) is 10.2 Å². The SMILES string of the molecule is NC(CC(=O)OCc1ccccc1NC(=O)Nc1ccc(-c2ccccc2)nn1)c1cccs1. The van der Waals surface area contributed by atoms with Gasteiger partial charge in [-0.05, 0) is 29.6 Å². The summed E-state index contributed by atoms with van der Waals surface area (Å²) in [7, 11) is 0. The third kappa shape index (κ3) is 6.25. The number of nitrogens with zero attached hydrogens (tertiary/aromatic N) is 2. The number of hydrogen-bond acceptors (Lipinski definition) is 7. The molecule has 4 rings (SSSR count). The lowest BCUT2D eigenvalue weighted by Crippen LogP contribution is -2.21. The molecule has 4 aromatic rings. The Morgan fingerprint density at radius 1 is 0.912 bits per heavy atom. The van der Waals surface area contributed by atoms with Gasteiger partial charge in [0.25, 0.3) is 0 Å². The summed E-state index contributed by atoms with van der Waals surface area (Å²) in [6.45, 7) is 0.0119. The van der Waals surface area contributed by atoms with Crippen LogP contribution >= 0.6 is 11.3 Å². The fourth-order valence-electron chi connectivity index (χ4n) is 3.20. The molecule has 0 spiro atoms.